The van der Waals surface area contributed by atoms with Crippen LogP contribution in [0.2, 0.25) is 0 Å². The second kappa shape index (κ2) is 4.97. The topological polar surface area (TPSA) is 68.5 Å². The van der Waals surface area contributed by atoms with Crippen molar-refractivity contribution in [2.75, 3.05) is 0 Å². The molecule has 0 aliphatic heterocycles. The number of aryl methyl sites for hydroxylation is 1. The van der Waals surface area contributed by atoms with E-state index in [2.05, 4.69) is 46.4 Å². The van der Waals surface area contributed by atoms with Gasteiger partial charge in [-0.15, -0.1) is 0 Å². The molecule has 0 aliphatic carbocycles. The first-order valence-electron chi connectivity index (χ1n) is 6.30. The number of nitrogens with one attached hydrogen (secondary N) is 1. The molecular weight excluding hydrogens is 272 g/mol. The third kappa shape index (κ3) is 2.04. The van der Waals surface area contributed by atoms with Crippen molar-refractivity contribution < 1.29 is 4.42 Å². The molecule has 6 heteroatoms. The Labute approximate surface area is 121 Å². The van der Waals surface area contributed by atoms with Crippen LogP contribution in [0.25, 0.3) is 22.0 Å². The van der Waals surface area contributed by atoms with Gasteiger partial charge in [0.15, 0.2) is 10.7 Å². The van der Waals surface area contributed by atoms with Gasteiger partial charge < -0.3 is 14.7 Å². The van der Waals surface area contributed by atoms with Gasteiger partial charge in [-0.25, -0.2) is 0 Å². The monoisotopic (exact) mass is 286 g/mol. The number of para-hydroxylation sites is 1. The highest BCUT2D eigenvalue weighted by Gasteiger charge is 2.13. The lowest BCUT2D eigenvalue weighted by Crippen LogP contribution is -2.23. The lowest BCUT2D eigenvalue weighted by atomic mass is 10.2. The molecule has 0 aliphatic rings. The van der Waals surface area contributed by atoms with Gasteiger partial charge in [-0.1, -0.05) is 12.1 Å². The molecule has 0 bridgehead atoms. The van der Waals surface area contributed by atoms with E-state index in [4.69, 9.17) is 10.2 Å². The van der Waals surface area contributed by atoms with Crippen LogP contribution in [0.5, 0.6) is 0 Å². The zero-order chi connectivity index (χ0) is 14.1. The van der Waals surface area contributed by atoms with E-state index in [1.165, 1.54) is 5.52 Å². The van der Waals surface area contributed by atoms with Crippen molar-refractivity contribution >= 4 is 45.5 Å². The Bertz CT molecular complexity index is 815. The van der Waals surface area contributed by atoms with E-state index in [0.717, 1.165) is 23.0 Å². The maximum atomic E-state index is 5.85. The van der Waals surface area contributed by atoms with Gasteiger partial charge in [0.25, 0.3) is 0 Å². The Morgan fingerprint density at radius 2 is 2.25 bits per heavy atom. The van der Waals surface area contributed by atoms with Crippen LogP contribution in [0, 0.1) is 0 Å². The molecule has 1 aromatic carbocycles. The van der Waals surface area contributed by atoms with Crippen molar-refractivity contribution in [3.05, 3.63) is 36.1 Å². The second-order valence-corrected chi connectivity index (χ2v) is 4.80. The third-order valence-electron chi connectivity index (χ3n) is 3.14. The van der Waals surface area contributed by atoms with Crippen LogP contribution in [-0.4, -0.2) is 15.9 Å². The summed E-state index contributed by atoms with van der Waals surface area (Å²) in [5.74, 6) is 0.659. The van der Waals surface area contributed by atoms with Gasteiger partial charge in [0.2, 0.25) is 0 Å². The standard InChI is InChI=1S/C14H14N4OS/c1-2-18-11-6-4-3-5-10(11)13-12(18)7-9(19-13)8-16-17-14(15)20/h3-8H,2H2,1H3,(H3,15,17,20)/b16-8+. The fourth-order valence-corrected chi connectivity index (χ4v) is 2.44. The lowest BCUT2D eigenvalue weighted by Gasteiger charge is -2.00. The second-order valence-electron chi connectivity index (χ2n) is 4.36. The Balaban J connectivity index is 2.11. The first-order valence-corrected chi connectivity index (χ1v) is 6.71. The number of nitrogens with two attached hydrogens (primary N) is 1. The SMILES string of the molecule is CCn1c2ccccc2c2oc(/C=N/NC(N)=S)cc21. The number of hydrogen-bond acceptors (Lipinski definition) is 3. The predicted octanol–water partition coefficient (Wildman–Crippen LogP) is 2.57. The summed E-state index contributed by atoms with van der Waals surface area (Å²) < 4.78 is 8.07. The van der Waals surface area contributed by atoms with Crippen molar-refractivity contribution in [1.82, 2.24) is 9.99 Å². The molecule has 0 fully saturated rings. The maximum Gasteiger partial charge on any atom is 0.184 e. The fourth-order valence-electron chi connectivity index (χ4n) is 2.39. The van der Waals surface area contributed by atoms with Crippen LogP contribution in [0.3, 0.4) is 0 Å². The average Bonchev–Trinajstić information content (AvgIpc) is 2.94. The van der Waals surface area contributed by atoms with E-state index >= 15 is 0 Å². The van der Waals surface area contributed by atoms with Crippen molar-refractivity contribution in [3.63, 3.8) is 0 Å². The van der Waals surface area contributed by atoms with Crippen LogP contribution in [0.1, 0.15) is 12.7 Å². The van der Waals surface area contributed by atoms with Crippen molar-refractivity contribution in [3.8, 4) is 0 Å². The maximum absolute atomic E-state index is 5.85. The van der Waals surface area contributed by atoms with Crippen LogP contribution < -0.4 is 11.2 Å². The smallest absolute Gasteiger partial charge is 0.184 e. The van der Waals surface area contributed by atoms with Gasteiger partial charge in [-0.2, -0.15) is 5.10 Å². The normalized spacial score (nSPS) is 11.7. The molecule has 102 valence electrons. The van der Waals surface area contributed by atoms with Crippen molar-refractivity contribution in [2.24, 2.45) is 10.8 Å². The summed E-state index contributed by atoms with van der Waals surface area (Å²) in [6.07, 6.45) is 1.56. The Kier molecular flexibility index (Phi) is 3.15. The zero-order valence-electron chi connectivity index (χ0n) is 11.0. The molecule has 0 unspecified atom stereocenters. The minimum Gasteiger partial charge on any atom is -0.453 e. The van der Waals surface area contributed by atoms with Crippen LogP contribution >= 0.6 is 12.2 Å². The first-order chi connectivity index (χ1) is 9.70. The summed E-state index contributed by atoms with van der Waals surface area (Å²) in [5, 5.41) is 5.14. The summed E-state index contributed by atoms with van der Waals surface area (Å²) in [7, 11) is 0. The lowest BCUT2D eigenvalue weighted by molar-refractivity contribution is 0.610. The first kappa shape index (κ1) is 12.7. The van der Waals surface area contributed by atoms with E-state index in [1.807, 2.05) is 18.2 Å². The quantitative estimate of drug-likeness (QED) is 0.441. The molecule has 0 spiro atoms. The molecular formula is C14H14N4OS. The number of fused-ring (bicyclic) bond motifs is 3. The molecule has 0 atom stereocenters. The Hall–Kier alpha value is -2.34. The number of hydrazone groups is 1. The van der Waals surface area contributed by atoms with Gasteiger partial charge >= 0.3 is 0 Å². The Morgan fingerprint density at radius 1 is 1.45 bits per heavy atom. The number of hydrogen-bond donors (Lipinski definition) is 2. The van der Waals surface area contributed by atoms with E-state index in [9.17, 15) is 0 Å². The van der Waals surface area contributed by atoms with Gasteiger partial charge in [0.1, 0.15) is 5.76 Å². The third-order valence-corrected chi connectivity index (χ3v) is 3.24. The summed E-state index contributed by atoms with van der Waals surface area (Å²) in [6, 6.07) is 10.1. The van der Waals surface area contributed by atoms with Gasteiger partial charge in [-0.3, -0.25) is 5.43 Å². The number of rotatable bonds is 3. The molecule has 0 amide bonds. The average molecular weight is 286 g/mol. The molecule has 3 N–H and O–H groups in total. The van der Waals surface area contributed by atoms with Crippen LogP contribution in [0.15, 0.2) is 39.9 Å². The molecule has 0 saturated carbocycles. The highest BCUT2D eigenvalue weighted by molar-refractivity contribution is 7.80. The molecule has 5 nitrogen and oxygen atoms in total. The van der Waals surface area contributed by atoms with Gasteiger partial charge in [0.05, 0.1) is 17.2 Å². The van der Waals surface area contributed by atoms with Crippen LogP contribution in [-0.2, 0) is 6.54 Å². The zero-order valence-corrected chi connectivity index (χ0v) is 11.8. The molecule has 3 rings (SSSR count). The number of benzene rings is 1. The van der Waals surface area contributed by atoms with Crippen molar-refractivity contribution in [2.45, 2.75) is 13.5 Å². The van der Waals surface area contributed by atoms with E-state index < -0.39 is 0 Å². The molecule has 3 aromatic rings. The van der Waals surface area contributed by atoms with Crippen LogP contribution in [0.4, 0.5) is 0 Å². The summed E-state index contributed by atoms with van der Waals surface area (Å²) >= 11 is 4.68. The fraction of sp³-hybridized carbons (Fsp3) is 0.143. The van der Waals surface area contributed by atoms with E-state index in [1.54, 1.807) is 6.21 Å². The summed E-state index contributed by atoms with van der Waals surface area (Å²) in [6.45, 7) is 2.99. The van der Waals surface area contributed by atoms with Gasteiger partial charge in [0, 0.05) is 18.0 Å². The summed E-state index contributed by atoms with van der Waals surface area (Å²) in [5.41, 5.74) is 10.9. The van der Waals surface area contributed by atoms with E-state index in [-0.39, 0.29) is 5.11 Å². The van der Waals surface area contributed by atoms with Gasteiger partial charge in [-0.05, 0) is 31.3 Å². The molecule has 0 radical (unpaired) electrons. The minimum absolute atomic E-state index is 0.126. The molecule has 0 saturated heterocycles. The number of aromatic nitrogens is 1. The van der Waals surface area contributed by atoms with Crippen molar-refractivity contribution in [1.29, 1.82) is 0 Å². The molecule has 2 heterocycles. The highest BCUT2D eigenvalue weighted by atomic mass is 32.1. The number of nitrogens with zero attached hydrogens (tertiary/aromatic N) is 2. The Morgan fingerprint density at radius 3 is 3.00 bits per heavy atom. The minimum atomic E-state index is 0.126. The summed E-state index contributed by atoms with van der Waals surface area (Å²) in [4.78, 5) is 0. The molecule has 20 heavy (non-hydrogen) atoms. The number of thiocarbonyl (C=S) groups is 1. The highest BCUT2D eigenvalue weighted by Crippen LogP contribution is 2.30. The largest absolute Gasteiger partial charge is 0.453 e. The van der Waals surface area contributed by atoms with E-state index in [0.29, 0.717) is 5.76 Å². The molecule has 2 aromatic heterocycles. The predicted molar refractivity (Wildman–Crippen MR) is 84.9 cm³/mol. The number of furan rings is 1.